The fraction of sp³-hybridized carbons (Fsp3) is 0.200. The number of benzene rings is 1. The lowest BCUT2D eigenvalue weighted by atomic mass is 10.2. The van der Waals surface area contributed by atoms with E-state index in [1.807, 2.05) is 13.0 Å². The second-order valence-corrected chi connectivity index (χ2v) is 4.31. The summed E-state index contributed by atoms with van der Waals surface area (Å²) in [5.74, 6) is 0.0684. The van der Waals surface area contributed by atoms with Crippen LogP contribution in [0.25, 0.3) is 0 Å². The Labute approximate surface area is 122 Å². The molecule has 0 radical (unpaired) electrons. The van der Waals surface area contributed by atoms with Crippen LogP contribution in [0.15, 0.2) is 36.5 Å². The Morgan fingerprint density at radius 1 is 1.33 bits per heavy atom. The van der Waals surface area contributed by atoms with Gasteiger partial charge in [-0.1, -0.05) is 19.1 Å². The van der Waals surface area contributed by atoms with Gasteiger partial charge in [0.1, 0.15) is 0 Å². The monoisotopic (exact) mass is 288 g/mol. The maximum absolute atomic E-state index is 11.0. The average molecular weight is 288 g/mol. The molecule has 3 N–H and O–H groups in total. The molecule has 0 amide bonds. The largest absolute Gasteiger partial charge is 0.490 e. The van der Waals surface area contributed by atoms with Gasteiger partial charge in [-0.25, -0.2) is 9.78 Å². The van der Waals surface area contributed by atoms with Gasteiger partial charge in [0, 0.05) is 6.07 Å². The van der Waals surface area contributed by atoms with Gasteiger partial charge in [-0.15, -0.1) is 0 Å². The van der Waals surface area contributed by atoms with Crippen molar-refractivity contribution in [1.82, 2.24) is 4.98 Å². The Balaban J connectivity index is 2.26. The molecule has 0 atom stereocenters. The maximum atomic E-state index is 11.0. The summed E-state index contributed by atoms with van der Waals surface area (Å²) in [7, 11) is 0. The highest BCUT2D eigenvalue weighted by Gasteiger charge is 2.12. The molecule has 0 saturated heterocycles. The number of aromatic carboxylic acids is 1. The third-order valence-electron chi connectivity index (χ3n) is 2.67. The summed E-state index contributed by atoms with van der Waals surface area (Å²) in [6, 6.07) is 8.42. The van der Waals surface area contributed by atoms with Crippen LogP contribution in [-0.4, -0.2) is 22.7 Å². The number of carbonyl (C=O) groups is 1. The molecule has 21 heavy (non-hydrogen) atoms. The van der Waals surface area contributed by atoms with E-state index < -0.39 is 5.97 Å². The highest BCUT2D eigenvalue weighted by molar-refractivity contribution is 5.93. The standard InChI is InChI=1S/C15H16N2O4/c1-2-7-20-12-5-3-4-6-13(12)21-14-8-10(15(18)19)11(16)9-17-14/h3-6,8-9H,2,7,16H2,1H3,(H,18,19). The third-order valence-corrected chi connectivity index (χ3v) is 2.67. The molecule has 110 valence electrons. The van der Waals surface area contributed by atoms with Crippen LogP contribution in [0.3, 0.4) is 0 Å². The van der Waals surface area contributed by atoms with E-state index in [9.17, 15) is 4.79 Å². The van der Waals surface area contributed by atoms with Crippen molar-refractivity contribution < 1.29 is 19.4 Å². The van der Waals surface area contributed by atoms with Gasteiger partial charge in [0.25, 0.3) is 0 Å². The molecule has 2 aromatic rings. The Morgan fingerprint density at radius 3 is 2.71 bits per heavy atom. The zero-order valence-electron chi connectivity index (χ0n) is 11.6. The number of para-hydroxylation sites is 2. The molecule has 0 fully saturated rings. The van der Waals surface area contributed by atoms with Crippen LogP contribution in [0.2, 0.25) is 0 Å². The molecule has 0 bridgehead atoms. The second kappa shape index (κ2) is 6.60. The van der Waals surface area contributed by atoms with Gasteiger partial charge in [0.2, 0.25) is 5.88 Å². The smallest absolute Gasteiger partial charge is 0.338 e. The molecular formula is C15H16N2O4. The molecule has 1 aromatic heterocycles. The number of carboxylic acids is 1. The van der Waals surface area contributed by atoms with Gasteiger partial charge in [0.15, 0.2) is 11.5 Å². The normalized spacial score (nSPS) is 10.1. The molecule has 0 spiro atoms. The molecule has 0 aliphatic heterocycles. The lowest BCUT2D eigenvalue weighted by Crippen LogP contribution is -2.04. The number of nitrogens with two attached hydrogens (primary N) is 1. The number of aromatic nitrogens is 1. The Morgan fingerprint density at radius 2 is 2.05 bits per heavy atom. The molecule has 0 aliphatic rings. The first-order valence-electron chi connectivity index (χ1n) is 6.50. The Hall–Kier alpha value is -2.76. The minimum absolute atomic E-state index is 0.0491. The van der Waals surface area contributed by atoms with Gasteiger partial charge in [-0.05, 0) is 18.6 Å². The van der Waals surface area contributed by atoms with Crippen molar-refractivity contribution in [2.45, 2.75) is 13.3 Å². The molecule has 1 heterocycles. The minimum Gasteiger partial charge on any atom is -0.490 e. The topological polar surface area (TPSA) is 94.7 Å². The van der Waals surface area contributed by atoms with Crippen LogP contribution in [0.5, 0.6) is 17.4 Å². The van der Waals surface area contributed by atoms with E-state index in [1.165, 1.54) is 12.3 Å². The zero-order chi connectivity index (χ0) is 15.2. The molecular weight excluding hydrogens is 272 g/mol. The number of carboxylic acid groups (broad SMARTS) is 1. The number of ether oxygens (including phenoxy) is 2. The maximum Gasteiger partial charge on any atom is 0.338 e. The van der Waals surface area contributed by atoms with Crippen molar-refractivity contribution in [3.8, 4) is 17.4 Å². The summed E-state index contributed by atoms with van der Waals surface area (Å²) in [6.45, 7) is 2.57. The third kappa shape index (κ3) is 3.62. The first-order chi connectivity index (χ1) is 10.1. The Kier molecular flexibility index (Phi) is 4.61. The fourth-order valence-electron chi connectivity index (χ4n) is 1.67. The van der Waals surface area contributed by atoms with E-state index >= 15 is 0 Å². The summed E-state index contributed by atoms with van der Waals surface area (Å²) >= 11 is 0. The first kappa shape index (κ1) is 14.6. The molecule has 2 rings (SSSR count). The van der Waals surface area contributed by atoms with Crippen molar-refractivity contribution in [2.24, 2.45) is 0 Å². The summed E-state index contributed by atoms with van der Waals surface area (Å²) in [6.07, 6.45) is 2.13. The first-order valence-corrected chi connectivity index (χ1v) is 6.50. The number of pyridine rings is 1. The van der Waals surface area contributed by atoms with Crippen molar-refractivity contribution in [2.75, 3.05) is 12.3 Å². The number of nitrogens with zero attached hydrogens (tertiary/aromatic N) is 1. The van der Waals surface area contributed by atoms with Crippen molar-refractivity contribution in [3.05, 3.63) is 42.1 Å². The molecule has 0 aliphatic carbocycles. The van der Waals surface area contributed by atoms with Gasteiger partial charge >= 0.3 is 5.97 Å². The number of nitrogen functional groups attached to an aromatic ring is 1. The van der Waals surface area contributed by atoms with Crippen LogP contribution >= 0.6 is 0 Å². The Bertz CT molecular complexity index is 643. The summed E-state index contributed by atoms with van der Waals surface area (Å²) in [5, 5.41) is 9.04. The number of hydrogen-bond donors (Lipinski definition) is 2. The molecule has 1 aromatic carbocycles. The van der Waals surface area contributed by atoms with Gasteiger partial charge in [0.05, 0.1) is 24.1 Å². The molecule has 6 heteroatoms. The van der Waals surface area contributed by atoms with Crippen LogP contribution in [-0.2, 0) is 0 Å². The van der Waals surface area contributed by atoms with Crippen LogP contribution in [0, 0.1) is 0 Å². The number of anilines is 1. The average Bonchev–Trinajstić information content (AvgIpc) is 2.48. The SMILES string of the molecule is CCCOc1ccccc1Oc1cc(C(=O)O)c(N)cn1. The molecule has 0 unspecified atom stereocenters. The quantitative estimate of drug-likeness (QED) is 0.848. The van der Waals surface area contributed by atoms with E-state index in [1.54, 1.807) is 18.2 Å². The van der Waals surface area contributed by atoms with Gasteiger partial charge in [-0.3, -0.25) is 0 Å². The number of hydrogen-bond acceptors (Lipinski definition) is 5. The molecule has 0 saturated carbocycles. The fourth-order valence-corrected chi connectivity index (χ4v) is 1.67. The summed E-state index contributed by atoms with van der Waals surface area (Å²) in [4.78, 5) is 15.0. The minimum atomic E-state index is -1.13. The summed E-state index contributed by atoms with van der Waals surface area (Å²) in [5.41, 5.74) is 5.59. The van der Waals surface area contributed by atoms with E-state index in [-0.39, 0.29) is 17.1 Å². The highest BCUT2D eigenvalue weighted by atomic mass is 16.5. The van der Waals surface area contributed by atoms with Gasteiger partial charge in [-0.2, -0.15) is 0 Å². The van der Waals surface area contributed by atoms with Crippen molar-refractivity contribution in [3.63, 3.8) is 0 Å². The molecule has 6 nitrogen and oxygen atoms in total. The predicted molar refractivity (Wildman–Crippen MR) is 77.9 cm³/mol. The lowest BCUT2D eigenvalue weighted by molar-refractivity contribution is 0.0697. The van der Waals surface area contributed by atoms with Gasteiger partial charge < -0.3 is 20.3 Å². The van der Waals surface area contributed by atoms with Crippen LogP contribution in [0.1, 0.15) is 23.7 Å². The van der Waals surface area contributed by atoms with Crippen molar-refractivity contribution >= 4 is 11.7 Å². The van der Waals surface area contributed by atoms with E-state index in [4.69, 9.17) is 20.3 Å². The predicted octanol–water partition coefficient (Wildman–Crippen LogP) is 2.94. The van der Waals surface area contributed by atoms with Crippen LogP contribution < -0.4 is 15.2 Å². The van der Waals surface area contributed by atoms with Crippen LogP contribution in [0.4, 0.5) is 5.69 Å². The zero-order valence-corrected chi connectivity index (χ0v) is 11.6. The summed E-state index contributed by atoms with van der Waals surface area (Å²) < 4.78 is 11.2. The van der Waals surface area contributed by atoms with Crippen molar-refractivity contribution in [1.29, 1.82) is 0 Å². The second-order valence-electron chi connectivity index (χ2n) is 4.31. The highest BCUT2D eigenvalue weighted by Crippen LogP contribution is 2.31. The lowest BCUT2D eigenvalue weighted by Gasteiger charge is -2.11. The van der Waals surface area contributed by atoms with E-state index in [0.717, 1.165) is 6.42 Å². The van der Waals surface area contributed by atoms with E-state index in [0.29, 0.717) is 18.1 Å². The van der Waals surface area contributed by atoms with E-state index in [2.05, 4.69) is 4.98 Å². The number of rotatable bonds is 6.